The maximum absolute atomic E-state index is 13.2. The maximum Gasteiger partial charge on any atom is 0.273 e. The summed E-state index contributed by atoms with van der Waals surface area (Å²) in [5.74, 6) is -0.125. The largest absolute Gasteiger partial charge is 0.385 e. The minimum atomic E-state index is -0.431. The number of benzene rings is 2. The van der Waals surface area contributed by atoms with Crippen LogP contribution in [0.1, 0.15) is 46.6 Å². The third kappa shape index (κ3) is 3.82. The Kier molecular flexibility index (Phi) is 5.81. The number of rotatable bonds is 8. The minimum absolute atomic E-state index is 0.0145. The van der Waals surface area contributed by atoms with Crippen LogP contribution in [-0.2, 0) is 11.2 Å². The number of methoxy groups -OCH3 is 1. The first-order chi connectivity index (χ1) is 15.0. The maximum atomic E-state index is 13.2. The van der Waals surface area contributed by atoms with Gasteiger partial charge in [0.25, 0.3) is 11.6 Å². The summed E-state index contributed by atoms with van der Waals surface area (Å²) in [6.45, 7) is 3.18. The van der Waals surface area contributed by atoms with E-state index in [-0.39, 0.29) is 17.6 Å². The summed E-state index contributed by atoms with van der Waals surface area (Å²) in [6, 6.07) is 14.2. The number of amides is 1. The van der Waals surface area contributed by atoms with E-state index in [2.05, 4.69) is 29.3 Å². The zero-order valence-electron chi connectivity index (χ0n) is 17.5. The van der Waals surface area contributed by atoms with Gasteiger partial charge >= 0.3 is 0 Å². The van der Waals surface area contributed by atoms with Crippen molar-refractivity contribution in [2.75, 3.05) is 20.3 Å². The lowest BCUT2D eigenvalue weighted by molar-refractivity contribution is -0.384. The highest BCUT2D eigenvalue weighted by atomic mass is 16.6. The number of non-ortho nitro benzene ring substituents is 1. The number of fused-ring (bicyclic) bond motifs is 1. The summed E-state index contributed by atoms with van der Waals surface area (Å²) in [5, 5.41) is 18.5. The number of H-pyrrole nitrogens is 1. The zero-order chi connectivity index (χ0) is 22.0. The lowest BCUT2D eigenvalue weighted by Gasteiger charge is -2.26. The molecular weight excluding hydrogens is 396 g/mol. The number of carbonyl (C=O) groups excluding carboxylic acids is 1. The highest BCUT2D eigenvalue weighted by Crippen LogP contribution is 2.43. The molecule has 4 rings (SSSR count). The van der Waals surface area contributed by atoms with E-state index in [1.165, 1.54) is 17.7 Å². The smallest absolute Gasteiger partial charge is 0.273 e. The minimum Gasteiger partial charge on any atom is -0.385 e. The van der Waals surface area contributed by atoms with Crippen molar-refractivity contribution in [1.29, 1.82) is 0 Å². The van der Waals surface area contributed by atoms with Crippen LogP contribution in [0.15, 0.2) is 48.5 Å². The Bertz CT molecular complexity index is 1110. The Morgan fingerprint density at radius 1 is 1.23 bits per heavy atom. The number of carbonyl (C=O) groups is 1. The summed E-state index contributed by atoms with van der Waals surface area (Å²) < 4.78 is 5.17. The molecule has 0 spiro atoms. The molecule has 0 saturated carbocycles. The van der Waals surface area contributed by atoms with Crippen LogP contribution in [-0.4, -0.2) is 46.2 Å². The molecule has 0 saturated heterocycles. The Morgan fingerprint density at radius 2 is 2.00 bits per heavy atom. The Balaban J connectivity index is 1.81. The van der Waals surface area contributed by atoms with Gasteiger partial charge in [-0.05, 0) is 24.0 Å². The normalized spacial score (nSPS) is 15.4. The number of aryl methyl sites for hydroxylation is 1. The lowest BCUT2D eigenvalue weighted by Crippen LogP contribution is -2.31. The van der Waals surface area contributed by atoms with E-state index >= 15 is 0 Å². The van der Waals surface area contributed by atoms with Crippen LogP contribution >= 0.6 is 0 Å². The summed E-state index contributed by atoms with van der Waals surface area (Å²) in [4.78, 5) is 25.9. The molecule has 1 unspecified atom stereocenters. The van der Waals surface area contributed by atoms with Crippen LogP contribution in [0.4, 0.5) is 5.69 Å². The van der Waals surface area contributed by atoms with E-state index in [0.29, 0.717) is 36.5 Å². The molecule has 1 atom stereocenters. The van der Waals surface area contributed by atoms with Crippen LogP contribution in [0, 0.1) is 10.1 Å². The summed E-state index contributed by atoms with van der Waals surface area (Å²) in [5.41, 5.74) is 4.54. The van der Waals surface area contributed by atoms with Gasteiger partial charge in [-0.1, -0.05) is 43.3 Å². The van der Waals surface area contributed by atoms with Gasteiger partial charge in [-0.15, -0.1) is 0 Å². The second-order valence-electron chi connectivity index (χ2n) is 7.51. The number of hydrogen-bond donors (Lipinski definition) is 1. The van der Waals surface area contributed by atoms with Crippen LogP contribution in [0.2, 0.25) is 0 Å². The second kappa shape index (κ2) is 8.69. The van der Waals surface area contributed by atoms with Gasteiger partial charge in [-0.2, -0.15) is 5.10 Å². The summed E-state index contributed by atoms with van der Waals surface area (Å²) in [6.07, 6.45) is 1.63. The van der Waals surface area contributed by atoms with Gasteiger partial charge in [0.15, 0.2) is 0 Å². The Morgan fingerprint density at radius 3 is 2.68 bits per heavy atom. The number of ether oxygens (including phenoxy) is 1. The fourth-order valence-electron chi connectivity index (χ4n) is 4.08. The predicted molar refractivity (Wildman–Crippen MR) is 116 cm³/mol. The highest BCUT2D eigenvalue weighted by Gasteiger charge is 2.41. The second-order valence-corrected chi connectivity index (χ2v) is 7.51. The average molecular weight is 420 g/mol. The van der Waals surface area contributed by atoms with E-state index in [9.17, 15) is 14.9 Å². The average Bonchev–Trinajstić information content (AvgIpc) is 3.33. The van der Waals surface area contributed by atoms with E-state index in [1.807, 2.05) is 17.0 Å². The number of nitrogens with zero attached hydrogens (tertiary/aromatic N) is 3. The molecule has 1 amide bonds. The molecule has 160 valence electrons. The number of aromatic nitrogens is 2. The zero-order valence-corrected chi connectivity index (χ0v) is 17.5. The molecule has 8 heteroatoms. The van der Waals surface area contributed by atoms with Crippen molar-refractivity contribution in [2.45, 2.75) is 25.8 Å². The third-order valence-corrected chi connectivity index (χ3v) is 5.65. The number of nitro benzene ring substituents is 1. The monoisotopic (exact) mass is 420 g/mol. The van der Waals surface area contributed by atoms with Crippen molar-refractivity contribution in [1.82, 2.24) is 15.1 Å². The molecule has 1 aromatic heterocycles. The van der Waals surface area contributed by atoms with Gasteiger partial charge in [0.1, 0.15) is 5.69 Å². The van der Waals surface area contributed by atoms with E-state index in [1.54, 1.807) is 19.2 Å². The van der Waals surface area contributed by atoms with Gasteiger partial charge in [0.2, 0.25) is 0 Å². The van der Waals surface area contributed by atoms with Crippen molar-refractivity contribution < 1.29 is 14.5 Å². The van der Waals surface area contributed by atoms with Gasteiger partial charge in [-0.3, -0.25) is 20.0 Å². The van der Waals surface area contributed by atoms with Gasteiger partial charge in [0.05, 0.1) is 16.7 Å². The first-order valence-electron chi connectivity index (χ1n) is 10.3. The van der Waals surface area contributed by atoms with Crippen molar-refractivity contribution in [2.24, 2.45) is 0 Å². The molecule has 2 heterocycles. The van der Waals surface area contributed by atoms with Crippen molar-refractivity contribution in [3.8, 4) is 11.3 Å². The first kappa shape index (κ1) is 20.7. The van der Waals surface area contributed by atoms with E-state index < -0.39 is 4.92 Å². The molecule has 8 nitrogen and oxygen atoms in total. The summed E-state index contributed by atoms with van der Waals surface area (Å²) >= 11 is 0. The number of nitrogens with one attached hydrogen (secondary N) is 1. The van der Waals surface area contributed by atoms with Crippen molar-refractivity contribution >= 4 is 11.6 Å². The molecule has 0 fully saturated rings. The molecule has 0 bridgehead atoms. The van der Waals surface area contributed by atoms with Crippen LogP contribution in [0.25, 0.3) is 11.3 Å². The number of aromatic amines is 1. The highest BCUT2D eigenvalue weighted by molar-refractivity contribution is 6.00. The molecule has 0 aliphatic carbocycles. The van der Waals surface area contributed by atoms with Crippen LogP contribution in [0.3, 0.4) is 0 Å². The SMILES string of the molecule is CCc1ccc(C2c3c(-c4cccc([N+](=O)[O-])c4)n[nH]c3C(=O)N2CCCOC)cc1. The molecule has 3 aromatic rings. The van der Waals surface area contributed by atoms with Crippen LogP contribution in [0.5, 0.6) is 0 Å². The Labute approximate surface area is 180 Å². The molecular formula is C23H24N4O4. The number of hydrogen-bond acceptors (Lipinski definition) is 5. The third-order valence-electron chi connectivity index (χ3n) is 5.65. The first-order valence-corrected chi connectivity index (χ1v) is 10.3. The van der Waals surface area contributed by atoms with Crippen molar-refractivity contribution in [3.05, 3.63) is 81.0 Å². The van der Waals surface area contributed by atoms with Gasteiger partial charge in [0, 0.05) is 43.5 Å². The molecule has 1 N–H and O–H groups in total. The van der Waals surface area contributed by atoms with Gasteiger partial charge < -0.3 is 9.64 Å². The fraction of sp³-hybridized carbons (Fsp3) is 0.304. The summed E-state index contributed by atoms with van der Waals surface area (Å²) in [7, 11) is 1.64. The predicted octanol–water partition coefficient (Wildman–Crippen LogP) is 4.13. The number of nitro groups is 1. The van der Waals surface area contributed by atoms with E-state index in [4.69, 9.17) is 4.74 Å². The lowest BCUT2D eigenvalue weighted by atomic mass is 9.95. The quantitative estimate of drug-likeness (QED) is 0.335. The molecule has 2 aromatic carbocycles. The van der Waals surface area contributed by atoms with E-state index in [0.717, 1.165) is 17.5 Å². The fourth-order valence-corrected chi connectivity index (χ4v) is 4.08. The Hall–Kier alpha value is -3.52. The molecule has 1 aliphatic heterocycles. The van der Waals surface area contributed by atoms with Crippen LogP contribution < -0.4 is 0 Å². The molecule has 0 radical (unpaired) electrons. The molecule has 31 heavy (non-hydrogen) atoms. The topological polar surface area (TPSA) is 101 Å². The molecule has 1 aliphatic rings. The standard InChI is InChI=1S/C23H24N4O4/c1-3-15-8-10-16(11-9-15)22-19-20(17-6-4-7-18(14-17)27(29)30)24-25-21(19)23(28)26(22)12-5-13-31-2/h4,6-11,14,22H,3,5,12-13H2,1-2H3,(H,24,25). The van der Waals surface area contributed by atoms with Gasteiger partial charge in [-0.25, -0.2) is 0 Å². The van der Waals surface area contributed by atoms with Crippen molar-refractivity contribution in [3.63, 3.8) is 0 Å².